The molecule has 0 amide bonds. The zero-order valence-corrected chi connectivity index (χ0v) is 24.4. The summed E-state index contributed by atoms with van der Waals surface area (Å²) in [5.41, 5.74) is 0.721. The molecule has 0 radical (unpaired) electrons. The Morgan fingerprint density at radius 2 is 1.15 bits per heavy atom. The van der Waals surface area contributed by atoms with Crippen LogP contribution in [0.4, 0.5) is 0 Å². The van der Waals surface area contributed by atoms with Crippen LogP contribution in [0.1, 0.15) is 61.3 Å². The van der Waals surface area contributed by atoms with Gasteiger partial charge in [-0.1, -0.05) is 61.3 Å². The summed E-state index contributed by atoms with van der Waals surface area (Å²) < 4.78 is 20.4. The first-order valence-electron chi connectivity index (χ1n) is 10.1. The summed E-state index contributed by atoms with van der Waals surface area (Å²) in [5.74, 6) is 0. The second-order valence-corrected chi connectivity index (χ2v) is 28.4. The van der Waals surface area contributed by atoms with Crippen molar-refractivity contribution >= 4 is 44.1 Å². The summed E-state index contributed by atoms with van der Waals surface area (Å²) in [7, 11) is -9.27. The van der Waals surface area contributed by atoms with Crippen LogP contribution in [0.2, 0.25) is 55.4 Å². The Morgan fingerprint density at radius 3 is 1.42 bits per heavy atom. The first-order chi connectivity index (χ1) is 11.3. The minimum absolute atomic E-state index is 0.108. The van der Waals surface area contributed by atoms with Crippen LogP contribution in [0, 0.1) is 0 Å². The van der Waals surface area contributed by atoms with Gasteiger partial charge in [0.05, 0.1) is 0 Å². The van der Waals surface area contributed by atoms with E-state index in [0.29, 0.717) is 11.1 Å². The smallest absolute Gasteiger partial charge is 0.417 e. The van der Waals surface area contributed by atoms with Crippen LogP contribution >= 0.6 is 11.1 Å². The highest BCUT2D eigenvalue weighted by Crippen LogP contribution is 2.45. The lowest BCUT2D eigenvalue weighted by Gasteiger charge is -2.48. The molecule has 0 N–H and O–H groups in total. The van der Waals surface area contributed by atoms with Crippen molar-refractivity contribution in [3.8, 4) is 0 Å². The predicted octanol–water partition coefficient (Wildman–Crippen LogP) is 7.73. The van der Waals surface area contributed by atoms with Gasteiger partial charge in [0.25, 0.3) is 7.63 Å². The van der Waals surface area contributed by atoms with Gasteiger partial charge in [0, 0.05) is 6.55 Å². The summed E-state index contributed by atoms with van der Waals surface area (Å²) >= 11 is 7.32. The molecule has 0 spiro atoms. The molecule has 0 aromatic carbocycles. The fourth-order valence-corrected chi connectivity index (χ4v) is 21.9. The second kappa shape index (κ2) is 9.24. The highest BCUT2D eigenvalue weighted by Gasteiger charge is 2.55. The molecule has 0 aliphatic rings. The number of hydrogen-bond acceptors (Lipinski definition) is 3. The SMILES string of the molecule is CCC(C)[Si](Cl)(O[Si](C)(O[Si](C)(C)C)O[Si](C)(C)C(C)(C)C)C(C)CC. The second-order valence-electron chi connectivity index (χ2n) is 10.4. The van der Waals surface area contributed by atoms with Gasteiger partial charge < -0.3 is 12.3 Å². The normalized spacial score (nSPS) is 21.0. The third kappa shape index (κ3) is 7.46. The van der Waals surface area contributed by atoms with Gasteiger partial charge in [-0.15, -0.1) is 11.1 Å². The Morgan fingerprint density at radius 1 is 0.769 bits per heavy atom. The van der Waals surface area contributed by atoms with E-state index in [1.807, 2.05) is 0 Å². The van der Waals surface area contributed by atoms with E-state index in [2.05, 4.69) is 87.7 Å². The first-order valence-corrected chi connectivity index (χ1v) is 21.7. The van der Waals surface area contributed by atoms with Crippen LogP contribution in [0.25, 0.3) is 0 Å². The molecule has 0 aromatic rings. The van der Waals surface area contributed by atoms with E-state index in [4.69, 9.17) is 23.4 Å². The minimum Gasteiger partial charge on any atom is -0.417 e. The molecule has 0 saturated heterocycles. The zero-order valence-electron chi connectivity index (χ0n) is 19.7. The molecule has 3 unspecified atom stereocenters. The molecule has 0 heterocycles. The van der Waals surface area contributed by atoms with Gasteiger partial charge in [-0.05, 0) is 48.9 Å². The molecule has 0 fully saturated rings. The quantitative estimate of drug-likeness (QED) is 0.248. The number of halogens is 1. The number of hydrogen-bond donors (Lipinski definition) is 0. The van der Waals surface area contributed by atoms with Crippen LogP contribution in [-0.4, -0.2) is 33.1 Å². The molecule has 0 bridgehead atoms. The molecule has 0 aliphatic carbocycles. The summed E-state index contributed by atoms with van der Waals surface area (Å²) in [6.45, 7) is 28.9. The van der Waals surface area contributed by atoms with Gasteiger partial charge in [-0.3, -0.25) is 0 Å². The van der Waals surface area contributed by atoms with Crippen molar-refractivity contribution in [2.24, 2.45) is 0 Å². The van der Waals surface area contributed by atoms with Gasteiger partial charge >= 0.3 is 8.80 Å². The lowest BCUT2D eigenvalue weighted by Crippen LogP contribution is -2.62. The Kier molecular flexibility index (Phi) is 9.61. The van der Waals surface area contributed by atoms with Gasteiger partial charge in [-0.25, -0.2) is 0 Å². The lowest BCUT2D eigenvalue weighted by molar-refractivity contribution is 0.249. The van der Waals surface area contributed by atoms with Crippen molar-refractivity contribution in [1.29, 1.82) is 0 Å². The van der Waals surface area contributed by atoms with E-state index in [0.717, 1.165) is 12.8 Å². The van der Waals surface area contributed by atoms with E-state index in [1.165, 1.54) is 0 Å². The Bertz CT molecular complexity index is 439. The van der Waals surface area contributed by atoms with Crippen LogP contribution in [-0.2, 0) is 12.3 Å². The van der Waals surface area contributed by atoms with Gasteiger partial charge in [-0.2, -0.15) is 0 Å². The standard InChI is InChI=1S/C18H45ClO3Si4/c1-14-16(3)26(19,17(4)15-2)22-25(13,20-23(8,9)10)21-24(11,12)18(5,6)7/h16-17H,14-15H2,1-13H3. The third-order valence-corrected chi connectivity index (χ3v) is 25.9. The molecule has 3 nitrogen and oxygen atoms in total. The van der Waals surface area contributed by atoms with Crippen molar-refractivity contribution in [3.63, 3.8) is 0 Å². The minimum atomic E-state index is -2.87. The maximum absolute atomic E-state index is 7.32. The van der Waals surface area contributed by atoms with Gasteiger partial charge in [0.2, 0.25) is 0 Å². The molecule has 0 aromatic heterocycles. The van der Waals surface area contributed by atoms with Crippen LogP contribution in [0.3, 0.4) is 0 Å². The molecule has 0 rings (SSSR count). The molecule has 26 heavy (non-hydrogen) atoms. The van der Waals surface area contributed by atoms with Crippen molar-refractivity contribution < 1.29 is 12.3 Å². The van der Waals surface area contributed by atoms with E-state index in [1.54, 1.807) is 0 Å². The average molecular weight is 457 g/mol. The monoisotopic (exact) mass is 456 g/mol. The molecular weight excluding hydrogens is 412 g/mol. The Balaban J connectivity index is 6.01. The molecule has 3 atom stereocenters. The largest absolute Gasteiger partial charge is 0.467 e. The highest BCUT2D eigenvalue weighted by molar-refractivity contribution is 7.20. The first kappa shape index (κ1) is 27.0. The lowest BCUT2D eigenvalue weighted by atomic mass is 10.2. The van der Waals surface area contributed by atoms with Crippen LogP contribution in [0.5, 0.6) is 0 Å². The molecule has 0 saturated carbocycles. The topological polar surface area (TPSA) is 27.7 Å². The fraction of sp³-hybridized carbons (Fsp3) is 1.00. The summed E-state index contributed by atoms with van der Waals surface area (Å²) in [6, 6.07) is 0. The van der Waals surface area contributed by atoms with E-state index in [-0.39, 0.29) is 5.04 Å². The number of rotatable bonds is 10. The summed E-state index contributed by atoms with van der Waals surface area (Å²) in [6.07, 6.45) is 2.05. The summed E-state index contributed by atoms with van der Waals surface area (Å²) in [4.78, 5) is 0. The van der Waals surface area contributed by atoms with E-state index in [9.17, 15) is 0 Å². The summed E-state index contributed by atoms with van der Waals surface area (Å²) in [5, 5.41) is 0.108. The van der Waals surface area contributed by atoms with Gasteiger partial charge in [0.15, 0.2) is 16.6 Å². The Labute approximate surface area is 173 Å². The molecular formula is C18H45ClO3Si4. The zero-order chi connectivity index (χ0) is 21.2. The molecule has 0 aliphatic heterocycles. The fourth-order valence-electron chi connectivity index (χ4n) is 2.76. The third-order valence-electron chi connectivity index (χ3n) is 5.65. The molecule has 158 valence electrons. The van der Waals surface area contributed by atoms with Crippen molar-refractivity contribution in [3.05, 3.63) is 0 Å². The Hall–Kier alpha value is 1.04. The van der Waals surface area contributed by atoms with E-state index >= 15 is 0 Å². The van der Waals surface area contributed by atoms with Crippen molar-refractivity contribution in [2.75, 3.05) is 0 Å². The van der Waals surface area contributed by atoms with Crippen molar-refractivity contribution in [2.45, 2.75) is 117 Å². The van der Waals surface area contributed by atoms with E-state index < -0.39 is 33.1 Å². The maximum Gasteiger partial charge on any atom is 0.467 e. The van der Waals surface area contributed by atoms with Crippen LogP contribution < -0.4 is 0 Å². The predicted molar refractivity (Wildman–Crippen MR) is 126 cm³/mol. The highest BCUT2D eigenvalue weighted by atomic mass is 35.6. The van der Waals surface area contributed by atoms with Crippen LogP contribution in [0.15, 0.2) is 0 Å². The maximum atomic E-state index is 7.32. The van der Waals surface area contributed by atoms with Gasteiger partial charge in [0.1, 0.15) is 0 Å². The average Bonchev–Trinajstić information content (AvgIpc) is 2.40. The van der Waals surface area contributed by atoms with Crippen molar-refractivity contribution in [1.82, 2.24) is 0 Å². The molecule has 8 heteroatoms.